The molecule has 0 spiro atoms. The summed E-state index contributed by atoms with van der Waals surface area (Å²) >= 11 is 0. The summed E-state index contributed by atoms with van der Waals surface area (Å²) < 4.78 is 10.6. The van der Waals surface area contributed by atoms with Crippen LogP contribution in [0.3, 0.4) is 0 Å². The molecule has 0 aliphatic carbocycles. The predicted molar refractivity (Wildman–Crippen MR) is 48.3 cm³/mol. The highest BCUT2D eigenvalue weighted by molar-refractivity contribution is 4.73. The van der Waals surface area contributed by atoms with E-state index in [1.165, 1.54) is 12.8 Å². The topological polar surface area (TPSA) is 30.5 Å². The summed E-state index contributed by atoms with van der Waals surface area (Å²) in [5, 5.41) is 3.38. The minimum atomic E-state index is 0.589. The van der Waals surface area contributed by atoms with Crippen molar-refractivity contribution >= 4 is 0 Å². The van der Waals surface area contributed by atoms with Crippen LogP contribution < -0.4 is 5.32 Å². The van der Waals surface area contributed by atoms with Crippen molar-refractivity contribution in [3.05, 3.63) is 0 Å². The van der Waals surface area contributed by atoms with Crippen molar-refractivity contribution in [2.24, 2.45) is 0 Å². The summed E-state index contributed by atoms with van der Waals surface area (Å²) in [6.07, 6.45) is 2.55. The van der Waals surface area contributed by atoms with Crippen molar-refractivity contribution in [1.82, 2.24) is 5.32 Å². The Morgan fingerprint density at radius 3 is 2.83 bits per heavy atom. The van der Waals surface area contributed by atoms with Crippen molar-refractivity contribution in [2.75, 3.05) is 33.0 Å². The highest BCUT2D eigenvalue weighted by Gasteiger charge is 2.12. The third-order valence-electron chi connectivity index (χ3n) is 2.06. The molecular weight excluding hydrogens is 154 g/mol. The molecule has 72 valence electrons. The number of ether oxygens (including phenoxy) is 2. The van der Waals surface area contributed by atoms with E-state index in [1.807, 2.05) is 6.92 Å². The molecule has 1 aliphatic rings. The number of nitrogens with one attached hydrogen (secondary N) is 1. The SMILES string of the molecule is CCOCCOC[C@H]1CCCN1. The zero-order valence-corrected chi connectivity index (χ0v) is 7.84. The molecule has 0 aromatic heterocycles. The fourth-order valence-electron chi connectivity index (χ4n) is 1.39. The van der Waals surface area contributed by atoms with E-state index in [0.29, 0.717) is 6.04 Å². The average Bonchev–Trinajstić information content (AvgIpc) is 2.57. The van der Waals surface area contributed by atoms with Crippen LogP contribution in [0.25, 0.3) is 0 Å². The molecule has 0 radical (unpaired) electrons. The van der Waals surface area contributed by atoms with Gasteiger partial charge in [0.05, 0.1) is 19.8 Å². The van der Waals surface area contributed by atoms with E-state index in [4.69, 9.17) is 9.47 Å². The maximum Gasteiger partial charge on any atom is 0.0701 e. The maximum atomic E-state index is 5.43. The summed E-state index contributed by atoms with van der Waals surface area (Å²) in [5.41, 5.74) is 0. The van der Waals surface area contributed by atoms with Gasteiger partial charge in [0.25, 0.3) is 0 Å². The maximum absolute atomic E-state index is 5.43. The van der Waals surface area contributed by atoms with Gasteiger partial charge < -0.3 is 14.8 Å². The van der Waals surface area contributed by atoms with E-state index < -0.39 is 0 Å². The van der Waals surface area contributed by atoms with Gasteiger partial charge in [0.2, 0.25) is 0 Å². The van der Waals surface area contributed by atoms with Gasteiger partial charge in [0.15, 0.2) is 0 Å². The van der Waals surface area contributed by atoms with Gasteiger partial charge in [-0.3, -0.25) is 0 Å². The van der Waals surface area contributed by atoms with Crippen molar-refractivity contribution < 1.29 is 9.47 Å². The molecule has 1 aliphatic heterocycles. The molecule has 0 amide bonds. The largest absolute Gasteiger partial charge is 0.379 e. The zero-order valence-electron chi connectivity index (χ0n) is 7.84. The lowest BCUT2D eigenvalue weighted by atomic mass is 10.2. The Kier molecular flexibility index (Phi) is 5.32. The zero-order chi connectivity index (χ0) is 8.65. The molecule has 1 fully saturated rings. The summed E-state index contributed by atoms with van der Waals surface area (Å²) in [7, 11) is 0. The van der Waals surface area contributed by atoms with Crippen molar-refractivity contribution in [3.8, 4) is 0 Å². The second kappa shape index (κ2) is 6.40. The smallest absolute Gasteiger partial charge is 0.0701 e. The molecular formula is C9H19NO2. The minimum Gasteiger partial charge on any atom is -0.379 e. The Hall–Kier alpha value is -0.120. The van der Waals surface area contributed by atoms with Gasteiger partial charge in [-0.15, -0.1) is 0 Å². The fourth-order valence-corrected chi connectivity index (χ4v) is 1.39. The van der Waals surface area contributed by atoms with Crippen LogP contribution in [0.2, 0.25) is 0 Å². The van der Waals surface area contributed by atoms with Crippen LogP contribution in [0.4, 0.5) is 0 Å². The molecule has 1 rings (SSSR count). The summed E-state index contributed by atoms with van der Waals surface area (Å²) in [5.74, 6) is 0. The first-order valence-corrected chi connectivity index (χ1v) is 4.82. The first-order chi connectivity index (χ1) is 5.93. The standard InChI is InChI=1S/C9H19NO2/c1-2-11-6-7-12-8-9-4-3-5-10-9/h9-10H,2-8H2,1H3/t9-/m1/s1. The van der Waals surface area contributed by atoms with Gasteiger partial charge in [-0.1, -0.05) is 0 Å². The van der Waals surface area contributed by atoms with Gasteiger partial charge in [0, 0.05) is 12.6 Å². The van der Waals surface area contributed by atoms with Crippen LogP contribution >= 0.6 is 0 Å². The molecule has 1 heterocycles. The van der Waals surface area contributed by atoms with Crippen LogP contribution in [0, 0.1) is 0 Å². The molecule has 3 nitrogen and oxygen atoms in total. The van der Waals surface area contributed by atoms with Crippen LogP contribution in [-0.2, 0) is 9.47 Å². The Balaban J connectivity index is 1.81. The van der Waals surface area contributed by atoms with Crippen molar-refractivity contribution in [3.63, 3.8) is 0 Å². The molecule has 0 aromatic rings. The Morgan fingerprint density at radius 2 is 2.17 bits per heavy atom. The quantitative estimate of drug-likeness (QED) is 0.602. The van der Waals surface area contributed by atoms with Crippen molar-refractivity contribution in [1.29, 1.82) is 0 Å². The molecule has 12 heavy (non-hydrogen) atoms. The second-order valence-electron chi connectivity index (χ2n) is 3.07. The lowest BCUT2D eigenvalue weighted by molar-refractivity contribution is 0.0455. The molecule has 0 bridgehead atoms. The summed E-state index contributed by atoms with van der Waals surface area (Å²) in [4.78, 5) is 0. The van der Waals surface area contributed by atoms with E-state index >= 15 is 0 Å². The van der Waals surface area contributed by atoms with E-state index in [1.54, 1.807) is 0 Å². The number of hydrogen-bond acceptors (Lipinski definition) is 3. The summed E-state index contributed by atoms with van der Waals surface area (Å²) in [6.45, 7) is 6.23. The van der Waals surface area contributed by atoms with Crippen LogP contribution in [0.15, 0.2) is 0 Å². The molecule has 1 N–H and O–H groups in total. The molecule has 0 saturated carbocycles. The third-order valence-corrected chi connectivity index (χ3v) is 2.06. The first kappa shape index (κ1) is 9.96. The average molecular weight is 173 g/mol. The fraction of sp³-hybridized carbons (Fsp3) is 1.00. The van der Waals surface area contributed by atoms with Crippen LogP contribution in [-0.4, -0.2) is 39.0 Å². The van der Waals surface area contributed by atoms with E-state index in [0.717, 1.165) is 33.0 Å². The Labute approximate surface area is 74.4 Å². The molecule has 1 atom stereocenters. The first-order valence-electron chi connectivity index (χ1n) is 4.82. The Bertz CT molecular complexity index is 103. The van der Waals surface area contributed by atoms with Gasteiger partial charge in [-0.25, -0.2) is 0 Å². The normalized spacial score (nSPS) is 23.2. The highest BCUT2D eigenvalue weighted by Crippen LogP contribution is 2.04. The van der Waals surface area contributed by atoms with Gasteiger partial charge >= 0.3 is 0 Å². The highest BCUT2D eigenvalue weighted by atomic mass is 16.5. The van der Waals surface area contributed by atoms with Crippen molar-refractivity contribution in [2.45, 2.75) is 25.8 Å². The second-order valence-corrected chi connectivity index (χ2v) is 3.07. The Morgan fingerprint density at radius 1 is 1.33 bits per heavy atom. The van der Waals surface area contributed by atoms with E-state index in [2.05, 4.69) is 5.32 Å². The monoisotopic (exact) mass is 173 g/mol. The van der Waals surface area contributed by atoms with Gasteiger partial charge in [-0.05, 0) is 26.3 Å². The molecule has 1 saturated heterocycles. The molecule has 0 aromatic carbocycles. The van der Waals surface area contributed by atoms with E-state index in [-0.39, 0.29) is 0 Å². The lowest BCUT2D eigenvalue weighted by Gasteiger charge is -2.10. The van der Waals surface area contributed by atoms with E-state index in [9.17, 15) is 0 Å². The summed E-state index contributed by atoms with van der Waals surface area (Å²) in [6, 6.07) is 0.589. The van der Waals surface area contributed by atoms with Crippen LogP contribution in [0.5, 0.6) is 0 Å². The predicted octanol–water partition coefficient (Wildman–Crippen LogP) is 0.791. The number of hydrogen-bond donors (Lipinski definition) is 1. The molecule has 0 unspecified atom stereocenters. The third kappa shape index (κ3) is 4.04. The lowest BCUT2D eigenvalue weighted by Crippen LogP contribution is -2.27. The van der Waals surface area contributed by atoms with Gasteiger partial charge in [0.1, 0.15) is 0 Å². The minimum absolute atomic E-state index is 0.589. The van der Waals surface area contributed by atoms with Gasteiger partial charge in [-0.2, -0.15) is 0 Å². The number of rotatable bonds is 6. The van der Waals surface area contributed by atoms with Crippen LogP contribution in [0.1, 0.15) is 19.8 Å². The molecule has 3 heteroatoms.